The minimum atomic E-state index is 0.0649. The van der Waals surface area contributed by atoms with E-state index in [1.54, 1.807) is 12.5 Å². The Labute approximate surface area is 205 Å². The van der Waals surface area contributed by atoms with Crippen molar-refractivity contribution in [3.05, 3.63) is 55.1 Å². The number of morpholine rings is 1. The van der Waals surface area contributed by atoms with Gasteiger partial charge in [0, 0.05) is 69.0 Å². The van der Waals surface area contributed by atoms with Crippen molar-refractivity contribution in [1.82, 2.24) is 30.0 Å². The molecule has 2 aromatic heterocycles. The number of benzene rings is 1. The molecule has 4 heterocycles. The van der Waals surface area contributed by atoms with E-state index >= 15 is 0 Å². The first-order valence-corrected chi connectivity index (χ1v) is 12.3. The van der Waals surface area contributed by atoms with E-state index in [1.165, 1.54) is 0 Å². The fourth-order valence-corrected chi connectivity index (χ4v) is 4.51. The Morgan fingerprint density at radius 2 is 1.80 bits per heavy atom. The normalized spacial score (nSPS) is 17.3. The number of amides is 1. The quantitative estimate of drug-likeness (QED) is 0.510. The van der Waals surface area contributed by atoms with Gasteiger partial charge in [-0.15, -0.1) is 10.2 Å². The number of rotatable bonds is 8. The molecule has 0 aliphatic carbocycles. The van der Waals surface area contributed by atoms with Crippen molar-refractivity contribution in [2.24, 2.45) is 5.92 Å². The molecule has 10 heteroatoms. The number of hydrogen-bond donors (Lipinski definition) is 2. The number of ether oxygens (including phenoxy) is 1. The number of aromatic nitrogens is 4. The molecular formula is C25H32N8O2. The molecule has 2 aliphatic rings. The summed E-state index contributed by atoms with van der Waals surface area (Å²) >= 11 is 0. The molecule has 35 heavy (non-hydrogen) atoms. The van der Waals surface area contributed by atoms with Gasteiger partial charge < -0.3 is 24.8 Å². The third-order valence-corrected chi connectivity index (χ3v) is 6.61. The molecule has 1 amide bonds. The molecule has 3 aromatic rings. The van der Waals surface area contributed by atoms with Crippen molar-refractivity contribution >= 4 is 23.2 Å². The Kier molecular flexibility index (Phi) is 7.50. The molecule has 2 saturated heterocycles. The van der Waals surface area contributed by atoms with Crippen molar-refractivity contribution in [1.29, 1.82) is 0 Å². The standard InChI is InChI=1S/C25H32N8O2/c34-25(27-10-13-31-15-17-35-18-16-31)20-7-11-32(12-8-20)24-6-5-23(29-30-24)28-21-1-3-22(4-2-21)33-14-9-26-19-33/h1-6,9,14,19-20H,7-8,10-13,15-18H2,(H,27,34)(H,28,29). The summed E-state index contributed by atoms with van der Waals surface area (Å²) in [6.07, 6.45) is 7.10. The summed E-state index contributed by atoms with van der Waals surface area (Å²) in [4.78, 5) is 21.2. The lowest BCUT2D eigenvalue weighted by molar-refractivity contribution is -0.125. The van der Waals surface area contributed by atoms with E-state index in [4.69, 9.17) is 4.74 Å². The third-order valence-electron chi connectivity index (χ3n) is 6.61. The van der Waals surface area contributed by atoms with Gasteiger partial charge in [-0.05, 0) is 49.2 Å². The van der Waals surface area contributed by atoms with E-state index < -0.39 is 0 Å². The predicted molar refractivity (Wildman–Crippen MR) is 134 cm³/mol. The minimum Gasteiger partial charge on any atom is -0.379 e. The van der Waals surface area contributed by atoms with Gasteiger partial charge in [0.2, 0.25) is 5.91 Å². The highest BCUT2D eigenvalue weighted by Gasteiger charge is 2.25. The van der Waals surface area contributed by atoms with Crippen molar-refractivity contribution < 1.29 is 9.53 Å². The highest BCUT2D eigenvalue weighted by molar-refractivity contribution is 5.79. The molecule has 0 unspecified atom stereocenters. The molecule has 5 rings (SSSR count). The number of anilines is 3. The third kappa shape index (κ3) is 6.14. The van der Waals surface area contributed by atoms with Crippen LogP contribution in [0.5, 0.6) is 0 Å². The molecule has 184 valence electrons. The molecule has 1 aromatic carbocycles. The van der Waals surface area contributed by atoms with Crippen molar-refractivity contribution in [2.75, 3.05) is 62.7 Å². The van der Waals surface area contributed by atoms with E-state index in [1.807, 2.05) is 47.2 Å². The van der Waals surface area contributed by atoms with E-state index in [0.717, 1.165) is 76.0 Å². The molecule has 10 nitrogen and oxygen atoms in total. The van der Waals surface area contributed by atoms with E-state index in [9.17, 15) is 4.79 Å². The van der Waals surface area contributed by atoms with Crippen LogP contribution in [0.3, 0.4) is 0 Å². The lowest BCUT2D eigenvalue weighted by Crippen LogP contribution is -2.44. The lowest BCUT2D eigenvalue weighted by atomic mass is 9.96. The van der Waals surface area contributed by atoms with Crippen molar-refractivity contribution in [3.63, 3.8) is 0 Å². The monoisotopic (exact) mass is 476 g/mol. The summed E-state index contributed by atoms with van der Waals surface area (Å²) < 4.78 is 7.32. The number of carbonyl (C=O) groups is 1. The van der Waals surface area contributed by atoms with Gasteiger partial charge in [0.25, 0.3) is 0 Å². The van der Waals surface area contributed by atoms with Gasteiger partial charge in [-0.2, -0.15) is 0 Å². The van der Waals surface area contributed by atoms with Crippen LogP contribution in [-0.2, 0) is 9.53 Å². The van der Waals surface area contributed by atoms with Crippen LogP contribution in [0.4, 0.5) is 17.3 Å². The summed E-state index contributed by atoms with van der Waals surface area (Å²) in [6.45, 7) is 6.66. The van der Waals surface area contributed by atoms with E-state index in [-0.39, 0.29) is 11.8 Å². The summed E-state index contributed by atoms with van der Waals surface area (Å²) in [7, 11) is 0. The Morgan fingerprint density at radius 1 is 1.00 bits per heavy atom. The fraction of sp³-hybridized carbons (Fsp3) is 0.440. The summed E-state index contributed by atoms with van der Waals surface area (Å²) in [5.41, 5.74) is 1.99. The second-order valence-electron chi connectivity index (χ2n) is 8.92. The zero-order chi connectivity index (χ0) is 23.9. The molecule has 0 radical (unpaired) electrons. The van der Waals surface area contributed by atoms with E-state index in [2.05, 4.69) is 35.6 Å². The Hall–Kier alpha value is -3.50. The fourth-order valence-electron chi connectivity index (χ4n) is 4.51. The summed E-state index contributed by atoms with van der Waals surface area (Å²) in [6, 6.07) is 12.0. The summed E-state index contributed by atoms with van der Waals surface area (Å²) in [5, 5.41) is 15.2. The average Bonchev–Trinajstić information content (AvgIpc) is 3.45. The topological polar surface area (TPSA) is 100 Å². The van der Waals surface area contributed by atoms with Crippen LogP contribution in [0, 0.1) is 5.92 Å². The number of nitrogens with zero attached hydrogens (tertiary/aromatic N) is 6. The number of imidazole rings is 1. The zero-order valence-corrected chi connectivity index (χ0v) is 19.8. The maximum absolute atomic E-state index is 12.6. The highest BCUT2D eigenvalue weighted by atomic mass is 16.5. The first kappa shape index (κ1) is 23.3. The first-order valence-electron chi connectivity index (χ1n) is 12.3. The van der Waals surface area contributed by atoms with Gasteiger partial charge in [-0.25, -0.2) is 4.98 Å². The number of hydrogen-bond acceptors (Lipinski definition) is 8. The molecule has 0 spiro atoms. The molecule has 2 fully saturated rings. The van der Waals surface area contributed by atoms with Gasteiger partial charge in [0.15, 0.2) is 11.6 Å². The van der Waals surface area contributed by atoms with Crippen LogP contribution in [0.2, 0.25) is 0 Å². The van der Waals surface area contributed by atoms with Crippen LogP contribution >= 0.6 is 0 Å². The molecule has 0 saturated carbocycles. The molecule has 0 atom stereocenters. The van der Waals surface area contributed by atoms with Crippen LogP contribution in [0.1, 0.15) is 12.8 Å². The van der Waals surface area contributed by atoms with Gasteiger partial charge in [-0.3, -0.25) is 9.69 Å². The van der Waals surface area contributed by atoms with Gasteiger partial charge in [0.1, 0.15) is 0 Å². The number of nitrogens with one attached hydrogen (secondary N) is 2. The highest BCUT2D eigenvalue weighted by Crippen LogP contribution is 2.23. The Balaban J connectivity index is 1.06. The number of piperidine rings is 1. The average molecular weight is 477 g/mol. The van der Waals surface area contributed by atoms with Crippen LogP contribution in [0.15, 0.2) is 55.1 Å². The van der Waals surface area contributed by atoms with E-state index in [0.29, 0.717) is 12.4 Å². The van der Waals surface area contributed by atoms with Gasteiger partial charge in [0.05, 0.1) is 19.5 Å². The van der Waals surface area contributed by atoms with Crippen LogP contribution in [0.25, 0.3) is 5.69 Å². The second-order valence-corrected chi connectivity index (χ2v) is 8.92. The zero-order valence-electron chi connectivity index (χ0n) is 19.8. The maximum atomic E-state index is 12.6. The van der Waals surface area contributed by atoms with Gasteiger partial charge in [-0.1, -0.05) is 0 Å². The summed E-state index contributed by atoms with van der Waals surface area (Å²) in [5.74, 6) is 1.77. The van der Waals surface area contributed by atoms with Crippen molar-refractivity contribution in [2.45, 2.75) is 12.8 Å². The molecular weight excluding hydrogens is 444 g/mol. The first-order chi connectivity index (χ1) is 17.2. The Morgan fingerprint density at radius 3 is 2.49 bits per heavy atom. The largest absolute Gasteiger partial charge is 0.379 e. The molecule has 2 N–H and O–H groups in total. The van der Waals surface area contributed by atoms with Crippen LogP contribution < -0.4 is 15.5 Å². The Bertz CT molecular complexity index is 1060. The molecule has 0 bridgehead atoms. The lowest BCUT2D eigenvalue weighted by Gasteiger charge is -2.32. The molecule has 2 aliphatic heterocycles. The van der Waals surface area contributed by atoms with Crippen LogP contribution in [-0.4, -0.2) is 83.0 Å². The smallest absolute Gasteiger partial charge is 0.223 e. The minimum absolute atomic E-state index is 0.0649. The number of carbonyl (C=O) groups excluding carboxylic acids is 1. The SMILES string of the molecule is O=C(NCCN1CCOCC1)C1CCN(c2ccc(Nc3ccc(-n4ccnc4)cc3)nn2)CC1. The predicted octanol–water partition coefficient (Wildman–Crippen LogP) is 2.07. The van der Waals surface area contributed by atoms with Gasteiger partial charge >= 0.3 is 0 Å². The van der Waals surface area contributed by atoms with Crippen molar-refractivity contribution in [3.8, 4) is 5.69 Å². The second kappa shape index (κ2) is 11.3. The maximum Gasteiger partial charge on any atom is 0.223 e.